The van der Waals surface area contributed by atoms with Crippen molar-refractivity contribution in [2.75, 3.05) is 46.8 Å². The summed E-state index contributed by atoms with van der Waals surface area (Å²) in [6.07, 6.45) is 2.44. The van der Waals surface area contributed by atoms with E-state index in [0.717, 1.165) is 6.54 Å². The van der Waals surface area contributed by atoms with E-state index in [1.54, 1.807) is 0 Å². The van der Waals surface area contributed by atoms with Gasteiger partial charge in [-0.05, 0) is 44.9 Å². The molecule has 1 aliphatic heterocycles. The van der Waals surface area contributed by atoms with Crippen LogP contribution in [0.4, 0.5) is 0 Å². The number of likely N-dealkylation sites (N-methyl/N-ethyl adjacent to an activating group) is 2. The van der Waals surface area contributed by atoms with E-state index in [2.05, 4.69) is 46.7 Å². The molecular weight excluding hydrogens is 242 g/mol. The van der Waals surface area contributed by atoms with Crippen LogP contribution in [-0.2, 0) is 6.42 Å². The standard InChI is InChI=1S/C14H25N3S/c1-16(9-6-14-4-3-11-18-14)8-5-13-12-17(2)10-7-15-13/h3-4,11,13,15H,5-10,12H2,1-2H3. The lowest BCUT2D eigenvalue weighted by atomic mass is 10.1. The van der Waals surface area contributed by atoms with Crippen LogP contribution >= 0.6 is 11.3 Å². The van der Waals surface area contributed by atoms with Gasteiger partial charge in [0.1, 0.15) is 0 Å². The highest BCUT2D eigenvalue weighted by molar-refractivity contribution is 7.09. The van der Waals surface area contributed by atoms with Crippen molar-refractivity contribution in [3.63, 3.8) is 0 Å². The minimum absolute atomic E-state index is 0.674. The van der Waals surface area contributed by atoms with Crippen molar-refractivity contribution >= 4 is 11.3 Å². The van der Waals surface area contributed by atoms with Crippen LogP contribution in [0.2, 0.25) is 0 Å². The van der Waals surface area contributed by atoms with Crippen molar-refractivity contribution in [1.29, 1.82) is 0 Å². The average Bonchev–Trinajstić information content (AvgIpc) is 2.87. The second kappa shape index (κ2) is 7.24. The van der Waals surface area contributed by atoms with Gasteiger partial charge in [0.05, 0.1) is 0 Å². The van der Waals surface area contributed by atoms with Gasteiger partial charge < -0.3 is 15.1 Å². The van der Waals surface area contributed by atoms with E-state index in [1.807, 2.05) is 11.3 Å². The topological polar surface area (TPSA) is 18.5 Å². The molecule has 1 saturated heterocycles. The van der Waals surface area contributed by atoms with Crippen LogP contribution in [0.1, 0.15) is 11.3 Å². The van der Waals surface area contributed by atoms with Gasteiger partial charge in [0.25, 0.3) is 0 Å². The molecule has 0 aromatic carbocycles. The van der Waals surface area contributed by atoms with Crippen LogP contribution in [0.5, 0.6) is 0 Å². The highest BCUT2D eigenvalue weighted by Crippen LogP contribution is 2.09. The van der Waals surface area contributed by atoms with E-state index >= 15 is 0 Å². The number of hydrogen-bond acceptors (Lipinski definition) is 4. The van der Waals surface area contributed by atoms with Crippen molar-refractivity contribution in [3.8, 4) is 0 Å². The predicted molar refractivity (Wildman–Crippen MR) is 79.4 cm³/mol. The van der Waals surface area contributed by atoms with Crippen molar-refractivity contribution in [2.24, 2.45) is 0 Å². The lowest BCUT2D eigenvalue weighted by molar-refractivity contribution is 0.214. The zero-order valence-electron chi connectivity index (χ0n) is 11.6. The summed E-state index contributed by atoms with van der Waals surface area (Å²) in [5.74, 6) is 0. The van der Waals surface area contributed by atoms with Gasteiger partial charge in [-0.1, -0.05) is 6.07 Å². The monoisotopic (exact) mass is 267 g/mol. The zero-order valence-corrected chi connectivity index (χ0v) is 12.4. The highest BCUT2D eigenvalue weighted by Gasteiger charge is 2.16. The maximum Gasteiger partial charge on any atom is 0.0207 e. The summed E-state index contributed by atoms with van der Waals surface area (Å²) in [5.41, 5.74) is 0. The largest absolute Gasteiger partial charge is 0.311 e. The third-order valence-corrected chi connectivity index (χ3v) is 4.57. The first-order chi connectivity index (χ1) is 8.74. The average molecular weight is 267 g/mol. The number of nitrogens with zero attached hydrogens (tertiary/aromatic N) is 2. The quantitative estimate of drug-likeness (QED) is 0.843. The van der Waals surface area contributed by atoms with E-state index in [0.29, 0.717) is 6.04 Å². The second-order valence-electron chi connectivity index (χ2n) is 5.33. The van der Waals surface area contributed by atoms with Crippen molar-refractivity contribution in [2.45, 2.75) is 18.9 Å². The van der Waals surface area contributed by atoms with Crippen LogP contribution in [0.3, 0.4) is 0 Å². The number of hydrogen-bond donors (Lipinski definition) is 1. The normalized spacial score (nSPS) is 21.6. The van der Waals surface area contributed by atoms with Crippen molar-refractivity contribution in [3.05, 3.63) is 22.4 Å². The molecule has 1 N–H and O–H groups in total. The molecule has 1 aliphatic rings. The summed E-state index contributed by atoms with van der Waals surface area (Å²) in [6.45, 7) is 5.88. The fraction of sp³-hybridized carbons (Fsp3) is 0.714. The molecule has 102 valence electrons. The molecule has 3 nitrogen and oxygen atoms in total. The molecule has 1 aromatic rings. The summed E-state index contributed by atoms with van der Waals surface area (Å²) < 4.78 is 0. The van der Waals surface area contributed by atoms with Crippen molar-refractivity contribution in [1.82, 2.24) is 15.1 Å². The van der Waals surface area contributed by atoms with Crippen LogP contribution in [-0.4, -0.2) is 62.7 Å². The van der Waals surface area contributed by atoms with Gasteiger partial charge in [0.15, 0.2) is 0 Å². The molecule has 1 unspecified atom stereocenters. The second-order valence-corrected chi connectivity index (χ2v) is 6.37. The molecule has 1 fully saturated rings. The van der Waals surface area contributed by atoms with E-state index in [9.17, 15) is 0 Å². The van der Waals surface area contributed by atoms with E-state index < -0.39 is 0 Å². The Kier molecular flexibility index (Phi) is 5.63. The molecule has 2 heterocycles. The predicted octanol–water partition coefficient (Wildman–Crippen LogP) is 1.52. The molecule has 0 aliphatic carbocycles. The van der Waals surface area contributed by atoms with Crippen LogP contribution in [0.15, 0.2) is 17.5 Å². The maximum absolute atomic E-state index is 3.61. The molecule has 0 bridgehead atoms. The first-order valence-electron chi connectivity index (χ1n) is 6.87. The molecule has 4 heteroatoms. The Balaban J connectivity index is 1.60. The Morgan fingerprint density at radius 2 is 2.39 bits per heavy atom. The number of piperazine rings is 1. The first kappa shape index (κ1) is 14.0. The molecule has 0 spiro atoms. The lowest BCUT2D eigenvalue weighted by Gasteiger charge is -2.32. The van der Waals surface area contributed by atoms with Crippen LogP contribution in [0, 0.1) is 0 Å². The van der Waals surface area contributed by atoms with E-state index in [1.165, 1.54) is 43.9 Å². The Labute approximate surface area is 115 Å². The molecule has 1 atom stereocenters. The van der Waals surface area contributed by atoms with E-state index in [-0.39, 0.29) is 0 Å². The van der Waals surface area contributed by atoms with Gasteiger partial charge in [-0.2, -0.15) is 0 Å². The summed E-state index contributed by atoms with van der Waals surface area (Å²) in [4.78, 5) is 6.38. The lowest BCUT2D eigenvalue weighted by Crippen LogP contribution is -2.49. The smallest absolute Gasteiger partial charge is 0.0207 e. The Hall–Kier alpha value is -0.420. The summed E-state index contributed by atoms with van der Waals surface area (Å²) in [6, 6.07) is 5.05. The summed E-state index contributed by atoms with van der Waals surface area (Å²) >= 11 is 1.87. The summed E-state index contributed by atoms with van der Waals surface area (Å²) in [5, 5.41) is 5.77. The molecule has 0 radical (unpaired) electrons. The van der Waals surface area contributed by atoms with Crippen LogP contribution < -0.4 is 5.32 Å². The minimum atomic E-state index is 0.674. The maximum atomic E-state index is 3.61. The molecular formula is C14H25N3S. The minimum Gasteiger partial charge on any atom is -0.311 e. The SMILES string of the molecule is CN(CCc1cccs1)CCC1CN(C)CCN1. The van der Waals surface area contributed by atoms with Gasteiger partial charge >= 0.3 is 0 Å². The molecule has 18 heavy (non-hydrogen) atoms. The molecule has 1 aromatic heterocycles. The van der Waals surface area contributed by atoms with E-state index in [4.69, 9.17) is 0 Å². The van der Waals surface area contributed by atoms with Crippen molar-refractivity contribution < 1.29 is 0 Å². The van der Waals surface area contributed by atoms with Gasteiger partial charge in [0, 0.05) is 37.1 Å². The zero-order chi connectivity index (χ0) is 12.8. The molecule has 0 amide bonds. The number of thiophene rings is 1. The Bertz CT molecular complexity index is 326. The fourth-order valence-electron chi connectivity index (χ4n) is 2.43. The van der Waals surface area contributed by atoms with Gasteiger partial charge in [-0.15, -0.1) is 11.3 Å². The Morgan fingerprint density at radius 3 is 3.11 bits per heavy atom. The van der Waals surface area contributed by atoms with Gasteiger partial charge in [-0.25, -0.2) is 0 Å². The number of rotatable bonds is 6. The third kappa shape index (κ3) is 4.69. The first-order valence-corrected chi connectivity index (χ1v) is 7.75. The summed E-state index contributed by atoms with van der Waals surface area (Å²) in [7, 11) is 4.45. The van der Waals surface area contributed by atoms with Gasteiger partial charge in [-0.3, -0.25) is 0 Å². The Morgan fingerprint density at radius 1 is 1.50 bits per heavy atom. The van der Waals surface area contributed by atoms with Crippen LogP contribution in [0.25, 0.3) is 0 Å². The number of nitrogens with one attached hydrogen (secondary N) is 1. The fourth-order valence-corrected chi connectivity index (χ4v) is 3.13. The highest BCUT2D eigenvalue weighted by atomic mass is 32.1. The molecule has 2 rings (SSSR count). The molecule has 0 saturated carbocycles. The van der Waals surface area contributed by atoms with Gasteiger partial charge in [0.2, 0.25) is 0 Å². The third-order valence-electron chi connectivity index (χ3n) is 3.64.